The van der Waals surface area contributed by atoms with Gasteiger partial charge < -0.3 is 4.98 Å². The van der Waals surface area contributed by atoms with Crippen LogP contribution in [0.1, 0.15) is 0 Å². The number of H-pyrrole nitrogens is 1. The molecule has 0 bridgehead atoms. The highest BCUT2D eigenvalue weighted by molar-refractivity contribution is 5.84. The van der Waals surface area contributed by atoms with E-state index in [9.17, 15) is 0 Å². The van der Waals surface area contributed by atoms with Gasteiger partial charge in [0.2, 0.25) is 0 Å². The normalized spacial score (nSPS) is 11.3. The van der Waals surface area contributed by atoms with E-state index in [4.69, 9.17) is 0 Å². The predicted molar refractivity (Wildman–Crippen MR) is 91.3 cm³/mol. The summed E-state index contributed by atoms with van der Waals surface area (Å²) in [4.78, 5) is 16.4. The van der Waals surface area contributed by atoms with Gasteiger partial charge in [-0.1, -0.05) is 18.2 Å². The summed E-state index contributed by atoms with van der Waals surface area (Å²) >= 11 is 0. The molecular formula is C18H12N6. The quantitative estimate of drug-likeness (QED) is 0.542. The summed E-state index contributed by atoms with van der Waals surface area (Å²) in [6, 6.07) is 16.0. The number of hydrogen-bond acceptors (Lipinski definition) is 4. The van der Waals surface area contributed by atoms with E-state index in [1.165, 1.54) is 0 Å². The molecule has 6 heteroatoms. The first-order valence-electron chi connectivity index (χ1n) is 7.59. The van der Waals surface area contributed by atoms with Gasteiger partial charge in [-0.05, 0) is 30.3 Å². The maximum absolute atomic E-state index is 4.64. The molecule has 4 heterocycles. The molecule has 0 fully saturated rings. The lowest BCUT2D eigenvalue weighted by Crippen LogP contribution is -1.96. The van der Waals surface area contributed by atoms with Crippen LogP contribution < -0.4 is 0 Å². The van der Waals surface area contributed by atoms with E-state index in [0.717, 1.165) is 27.9 Å². The Morgan fingerprint density at radius 3 is 2.79 bits per heavy atom. The smallest absolute Gasteiger partial charge is 0.253 e. The molecule has 0 radical (unpaired) electrons. The number of aromatic amines is 1. The number of para-hydroxylation sites is 1. The van der Waals surface area contributed by atoms with Gasteiger partial charge in [0.15, 0.2) is 5.82 Å². The van der Waals surface area contributed by atoms with Crippen molar-refractivity contribution >= 4 is 16.7 Å². The minimum Gasteiger partial charge on any atom is -0.352 e. The predicted octanol–water partition coefficient (Wildman–Crippen LogP) is 3.33. The van der Waals surface area contributed by atoms with Crippen molar-refractivity contribution in [2.75, 3.05) is 0 Å². The van der Waals surface area contributed by atoms with Crippen LogP contribution in [0.5, 0.6) is 0 Å². The zero-order valence-electron chi connectivity index (χ0n) is 12.6. The molecule has 24 heavy (non-hydrogen) atoms. The fourth-order valence-corrected chi connectivity index (χ4v) is 2.83. The number of nitrogens with one attached hydrogen (secondary N) is 1. The van der Waals surface area contributed by atoms with Gasteiger partial charge in [0.25, 0.3) is 5.78 Å². The van der Waals surface area contributed by atoms with Crippen LogP contribution in [0.2, 0.25) is 0 Å². The molecule has 0 unspecified atom stereocenters. The Balaban J connectivity index is 1.71. The van der Waals surface area contributed by atoms with Gasteiger partial charge in [0.05, 0.1) is 11.4 Å². The van der Waals surface area contributed by atoms with Gasteiger partial charge in [-0.15, -0.1) is 5.10 Å². The second kappa shape index (κ2) is 4.99. The molecule has 0 amide bonds. The minimum atomic E-state index is 0.560. The molecule has 5 rings (SSSR count). The summed E-state index contributed by atoms with van der Waals surface area (Å²) in [6.07, 6.45) is 5.29. The van der Waals surface area contributed by atoms with Crippen LogP contribution in [-0.2, 0) is 0 Å². The van der Waals surface area contributed by atoms with E-state index < -0.39 is 0 Å². The van der Waals surface area contributed by atoms with Crippen LogP contribution in [0.25, 0.3) is 39.5 Å². The lowest BCUT2D eigenvalue weighted by Gasteiger charge is -2.01. The van der Waals surface area contributed by atoms with E-state index in [0.29, 0.717) is 11.6 Å². The average molecular weight is 312 g/mol. The third-order valence-electron chi connectivity index (χ3n) is 3.97. The topological polar surface area (TPSA) is 71.8 Å². The molecule has 0 aliphatic carbocycles. The molecular weight excluding hydrogens is 300 g/mol. The Morgan fingerprint density at radius 1 is 0.958 bits per heavy atom. The highest BCUT2D eigenvalue weighted by Gasteiger charge is 2.13. The number of pyridine rings is 1. The number of fused-ring (bicyclic) bond motifs is 2. The summed E-state index contributed by atoms with van der Waals surface area (Å²) < 4.78 is 1.75. The van der Waals surface area contributed by atoms with Crippen molar-refractivity contribution in [3.8, 4) is 22.8 Å². The maximum Gasteiger partial charge on any atom is 0.253 e. The van der Waals surface area contributed by atoms with Crippen molar-refractivity contribution in [2.24, 2.45) is 0 Å². The summed E-state index contributed by atoms with van der Waals surface area (Å²) in [6.45, 7) is 0. The molecule has 0 aliphatic heterocycles. The van der Waals surface area contributed by atoms with Crippen molar-refractivity contribution in [3.63, 3.8) is 0 Å². The van der Waals surface area contributed by atoms with Crippen molar-refractivity contribution < 1.29 is 0 Å². The van der Waals surface area contributed by atoms with E-state index in [1.54, 1.807) is 23.1 Å². The fourth-order valence-electron chi connectivity index (χ4n) is 2.83. The maximum atomic E-state index is 4.64. The van der Waals surface area contributed by atoms with Crippen molar-refractivity contribution in [3.05, 3.63) is 67.1 Å². The molecule has 0 spiro atoms. The van der Waals surface area contributed by atoms with Gasteiger partial charge in [0.1, 0.15) is 0 Å². The van der Waals surface area contributed by atoms with Crippen molar-refractivity contribution in [1.29, 1.82) is 0 Å². The molecule has 6 nitrogen and oxygen atoms in total. The van der Waals surface area contributed by atoms with E-state index >= 15 is 0 Å². The number of aromatic nitrogens is 6. The molecule has 1 N–H and O–H groups in total. The Bertz CT molecular complexity index is 1120. The van der Waals surface area contributed by atoms with Crippen LogP contribution in [0, 0.1) is 0 Å². The van der Waals surface area contributed by atoms with Crippen molar-refractivity contribution in [2.45, 2.75) is 0 Å². The van der Waals surface area contributed by atoms with Gasteiger partial charge >= 0.3 is 0 Å². The number of rotatable bonds is 2. The number of nitrogens with zero attached hydrogens (tertiary/aromatic N) is 5. The SMILES string of the molecule is c1cncc(-c2ccnc3nc(-c4cc5ccccc5[nH]4)nn23)c1. The average Bonchev–Trinajstić information content (AvgIpc) is 3.26. The monoisotopic (exact) mass is 312 g/mol. The molecule has 1 aromatic carbocycles. The van der Waals surface area contributed by atoms with Gasteiger partial charge in [-0.2, -0.15) is 9.50 Å². The zero-order chi connectivity index (χ0) is 15.9. The molecule has 4 aromatic heterocycles. The highest BCUT2D eigenvalue weighted by atomic mass is 15.3. The van der Waals surface area contributed by atoms with E-state index in [-0.39, 0.29) is 0 Å². The standard InChI is InChI=1S/C18H12N6/c1-2-6-14-12(4-1)10-15(21-14)17-22-18-20-9-7-16(24(18)23-17)13-5-3-8-19-11-13/h1-11,21H. The Kier molecular flexibility index (Phi) is 2.69. The lowest BCUT2D eigenvalue weighted by molar-refractivity contribution is 0.948. The zero-order valence-corrected chi connectivity index (χ0v) is 12.6. The summed E-state index contributed by atoms with van der Waals surface area (Å²) in [5.41, 5.74) is 3.81. The lowest BCUT2D eigenvalue weighted by atomic mass is 10.2. The van der Waals surface area contributed by atoms with Crippen molar-refractivity contribution in [1.82, 2.24) is 29.5 Å². The van der Waals surface area contributed by atoms with Gasteiger partial charge in [0, 0.05) is 35.1 Å². The highest BCUT2D eigenvalue weighted by Crippen LogP contribution is 2.23. The number of hydrogen-bond donors (Lipinski definition) is 1. The molecule has 114 valence electrons. The van der Waals surface area contributed by atoms with Gasteiger partial charge in [-0.25, -0.2) is 4.98 Å². The first-order valence-corrected chi connectivity index (χ1v) is 7.59. The largest absolute Gasteiger partial charge is 0.352 e. The van der Waals surface area contributed by atoms with Crippen LogP contribution in [0.3, 0.4) is 0 Å². The van der Waals surface area contributed by atoms with E-state index in [1.807, 2.05) is 42.5 Å². The summed E-state index contributed by atoms with van der Waals surface area (Å²) in [5.74, 6) is 1.18. The minimum absolute atomic E-state index is 0.560. The van der Waals surface area contributed by atoms with Crippen LogP contribution in [0.15, 0.2) is 67.1 Å². The molecule has 0 atom stereocenters. The van der Waals surface area contributed by atoms with Crippen LogP contribution in [0.4, 0.5) is 0 Å². The Morgan fingerprint density at radius 2 is 1.92 bits per heavy atom. The Labute approximate surface area is 136 Å². The third-order valence-corrected chi connectivity index (χ3v) is 3.97. The molecule has 0 aliphatic rings. The van der Waals surface area contributed by atoms with Gasteiger partial charge in [-0.3, -0.25) is 4.98 Å². The molecule has 5 aromatic rings. The molecule has 0 saturated heterocycles. The summed E-state index contributed by atoms with van der Waals surface area (Å²) in [7, 11) is 0. The van der Waals surface area contributed by atoms with Crippen LogP contribution in [-0.4, -0.2) is 29.5 Å². The summed E-state index contributed by atoms with van der Waals surface area (Å²) in [5, 5.41) is 5.77. The third kappa shape index (κ3) is 1.97. The van der Waals surface area contributed by atoms with Crippen LogP contribution >= 0.6 is 0 Å². The second-order valence-corrected chi connectivity index (χ2v) is 5.49. The fraction of sp³-hybridized carbons (Fsp3) is 0. The number of benzene rings is 1. The second-order valence-electron chi connectivity index (χ2n) is 5.49. The first kappa shape index (κ1) is 13.0. The first-order chi connectivity index (χ1) is 11.9. The Hall–Kier alpha value is -3.54. The molecule has 0 saturated carbocycles. The van der Waals surface area contributed by atoms with E-state index in [2.05, 4.69) is 31.1 Å².